The molecule has 1 aliphatic heterocycles. The molecule has 1 saturated heterocycles. The predicted octanol–water partition coefficient (Wildman–Crippen LogP) is 0.826. The number of carbonyl (C=O) groups excluding carboxylic acids is 1. The fraction of sp³-hybridized carbons (Fsp3) is 0.562. The number of benzene rings is 1. The van der Waals surface area contributed by atoms with Gasteiger partial charge < -0.3 is 19.5 Å². The molecular formula is C16H22N4O7S. The molecule has 12 heteroatoms. The second kappa shape index (κ2) is 9.82. The smallest absolute Gasteiger partial charge is 0.264 e. The predicted molar refractivity (Wildman–Crippen MR) is 97.9 cm³/mol. The Morgan fingerprint density at radius 3 is 2.46 bits per heavy atom. The molecule has 1 aliphatic rings. The van der Waals surface area contributed by atoms with Crippen molar-refractivity contribution in [3.8, 4) is 0 Å². The number of azide groups is 1. The van der Waals surface area contributed by atoms with Crippen LogP contribution in [-0.2, 0) is 28.5 Å². The molecule has 0 aromatic heterocycles. The largest absolute Gasteiger partial charge is 0.376 e. The fourth-order valence-electron chi connectivity index (χ4n) is 2.94. The molecule has 1 fully saturated rings. The zero-order valence-corrected chi connectivity index (χ0v) is 16.4. The quantitative estimate of drug-likeness (QED) is 0.286. The third-order valence-corrected chi connectivity index (χ3v) is 4.67. The number of nitrogens with zero attached hydrogens (tertiary/aromatic N) is 3. The Hall–Kier alpha value is -2.21. The highest BCUT2D eigenvalue weighted by Gasteiger charge is 2.49. The summed E-state index contributed by atoms with van der Waals surface area (Å²) >= 11 is 0. The van der Waals surface area contributed by atoms with Crippen LogP contribution >= 0.6 is 0 Å². The minimum Gasteiger partial charge on any atom is -0.376 e. The minimum absolute atomic E-state index is 0.213. The Balaban J connectivity index is 2.33. The Morgan fingerprint density at radius 1 is 1.25 bits per heavy atom. The lowest BCUT2D eigenvalue weighted by Gasteiger charge is -2.44. The van der Waals surface area contributed by atoms with E-state index in [0.29, 0.717) is 5.56 Å². The van der Waals surface area contributed by atoms with Gasteiger partial charge in [-0.1, -0.05) is 23.3 Å². The molecule has 11 nitrogen and oxygen atoms in total. The van der Waals surface area contributed by atoms with Gasteiger partial charge in [-0.25, -0.2) is 0 Å². The minimum atomic E-state index is -3.90. The lowest BCUT2D eigenvalue weighted by Crippen LogP contribution is -2.65. The number of hydrogen-bond acceptors (Lipinski definition) is 8. The first kappa shape index (κ1) is 22.1. The van der Waals surface area contributed by atoms with Crippen LogP contribution < -0.4 is 5.32 Å². The summed E-state index contributed by atoms with van der Waals surface area (Å²) in [5.41, 5.74) is 8.98. The molecule has 28 heavy (non-hydrogen) atoms. The van der Waals surface area contributed by atoms with Crippen molar-refractivity contribution < 1.29 is 31.6 Å². The zero-order chi connectivity index (χ0) is 20.7. The Bertz CT molecular complexity index is 814. The lowest BCUT2D eigenvalue weighted by molar-refractivity contribution is -0.251. The summed E-state index contributed by atoms with van der Waals surface area (Å²) in [7, 11) is -1.20. The number of hydrogen-bond donors (Lipinski definition) is 1. The van der Waals surface area contributed by atoms with E-state index in [-0.39, 0.29) is 6.54 Å². The van der Waals surface area contributed by atoms with E-state index in [1.165, 1.54) is 14.2 Å². The van der Waals surface area contributed by atoms with Gasteiger partial charge in [0.25, 0.3) is 16.0 Å². The molecule has 0 aliphatic carbocycles. The summed E-state index contributed by atoms with van der Waals surface area (Å²) in [5.74, 6) is -0.426. The maximum atomic E-state index is 12.6. The van der Waals surface area contributed by atoms with Crippen molar-refractivity contribution in [2.24, 2.45) is 5.11 Å². The van der Waals surface area contributed by atoms with Crippen molar-refractivity contribution in [1.29, 1.82) is 0 Å². The van der Waals surface area contributed by atoms with Crippen LogP contribution in [0, 0.1) is 0 Å². The Morgan fingerprint density at radius 2 is 1.93 bits per heavy atom. The number of carbonyl (C=O) groups is 1. The van der Waals surface area contributed by atoms with Crippen LogP contribution in [0.1, 0.15) is 10.4 Å². The van der Waals surface area contributed by atoms with Crippen LogP contribution in [0.5, 0.6) is 0 Å². The molecule has 2 rings (SSSR count). The Labute approximate surface area is 162 Å². The van der Waals surface area contributed by atoms with E-state index in [4.69, 9.17) is 23.9 Å². The summed E-state index contributed by atoms with van der Waals surface area (Å²) in [6.07, 6.45) is -3.20. The number of rotatable bonds is 8. The zero-order valence-electron chi connectivity index (χ0n) is 15.6. The molecule has 1 aromatic carbocycles. The maximum absolute atomic E-state index is 12.6. The van der Waals surface area contributed by atoms with Crippen molar-refractivity contribution in [2.45, 2.75) is 30.6 Å². The number of methoxy groups -OCH3 is 2. The summed E-state index contributed by atoms with van der Waals surface area (Å²) in [6.45, 7) is -0.213. The van der Waals surface area contributed by atoms with Gasteiger partial charge in [0.2, 0.25) is 0 Å². The van der Waals surface area contributed by atoms with Gasteiger partial charge in [-0.15, -0.1) is 0 Å². The van der Waals surface area contributed by atoms with Gasteiger partial charge in [0.1, 0.15) is 18.2 Å². The van der Waals surface area contributed by atoms with Gasteiger partial charge in [-0.3, -0.25) is 8.98 Å². The Kier molecular flexibility index (Phi) is 7.75. The van der Waals surface area contributed by atoms with E-state index in [1.54, 1.807) is 30.3 Å². The van der Waals surface area contributed by atoms with Gasteiger partial charge in [-0.2, -0.15) is 8.42 Å². The van der Waals surface area contributed by atoms with E-state index in [9.17, 15) is 13.2 Å². The van der Waals surface area contributed by atoms with Crippen molar-refractivity contribution in [1.82, 2.24) is 5.32 Å². The standard InChI is InChI=1S/C16H22N4O7S/c1-24-14-12(19-15(21)10-7-5-4-6-8-10)16(25-2)26-11(9-18-20-17)13(14)27-28(3,22)23/h4-8,11-14,16H,9H2,1-3H3,(H,19,21)/t11-,12+,13+,14+,16-/m1/s1. The molecule has 0 unspecified atom stereocenters. The highest BCUT2D eigenvalue weighted by Crippen LogP contribution is 2.28. The van der Waals surface area contributed by atoms with E-state index < -0.39 is 46.7 Å². The molecular weight excluding hydrogens is 392 g/mol. The highest BCUT2D eigenvalue weighted by molar-refractivity contribution is 7.86. The van der Waals surface area contributed by atoms with Gasteiger partial charge >= 0.3 is 0 Å². The molecule has 0 saturated carbocycles. The van der Waals surface area contributed by atoms with Gasteiger partial charge in [0.05, 0.1) is 18.9 Å². The van der Waals surface area contributed by atoms with E-state index in [0.717, 1.165) is 6.26 Å². The lowest BCUT2D eigenvalue weighted by atomic mass is 9.96. The normalized spacial score (nSPS) is 27.6. The van der Waals surface area contributed by atoms with Crippen LogP contribution in [-0.4, -0.2) is 72.0 Å². The number of amides is 1. The van der Waals surface area contributed by atoms with E-state index in [2.05, 4.69) is 15.3 Å². The maximum Gasteiger partial charge on any atom is 0.264 e. The second-order valence-corrected chi connectivity index (χ2v) is 7.62. The van der Waals surface area contributed by atoms with Crippen molar-refractivity contribution in [2.75, 3.05) is 27.0 Å². The molecule has 1 amide bonds. The van der Waals surface area contributed by atoms with E-state index >= 15 is 0 Å². The summed E-state index contributed by atoms with van der Waals surface area (Å²) < 4.78 is 45.0. The van der Waals surface area contributed by atoms with Crippen LogP contribution in [0.25, 0.3) is 10.4 Å². The first-order valence-corrected chi connectivity index (χ1v) is 10.1. The molecule has 154 valence electrons. The molecule has 1 heterocycles. The molecule has 0 radical (unpaired) electrons. The number of ether oxygens (including phenoxy) is 3. The molecule has 0 bridgehead atoms. The fourth-order valence-corrected chi connectivity index (χ4v) is 3.58. The van der Waals surface area contributed by atoms with Gasteiger partial charge in [0.15, 0.2) is 6.29 Å². The van der Waals surface area contributed by atoms with Crippen LogP contribution in [0.4, 0.5) is 0 Å². The van der Waals surface area contributed by atoms with Crippen LogP contribution in [0.3, 0.4) is 0 Å². The topological polar surface area (TPSA) is 149 Å². The van der Waals surface area contributed by atoms with E-state index in [1.807, 2.05) is 0 Å². The van der Waals surface area contributed by atoms with Crippen LogP contribution in [0.15, 0.2) is 35.4 Å². The average Bonchev–Trinajstić information content (AvgIpc) is 2.67. The molecule has 0 spiro atoms. The average molecular weight is 414 g/mol. The van der Waals surface area contributed by atoms with Crippen molar-refractivity contribution in [3.63, 3.8) is 0 Å². The number of nitrogens with one attached hydrogen (secondary N) is 1. The summed E-state index contributed by atoms with van der Waals surface area (Å²) in [5, 5.41) is 6.17. The second-order valence-electron chi connectivity index (χ2n) is 6.02. The SMILES string of the molecule is CO[C@@H]1O[C@H](CN=[N+]=[N-])[C@H](OS(C)(=O)=O)[C@@H](OC)[C@@H]1NC(=O)c1ccccc1. The molecule has 1 aromatic rings. The van der Waals surface area contributed by atoms with Crippen LogP contribution in [0.2, 0.25) is 0 Å². The highest BCUT2D eigenvalue weighted by atomic mass is 32.2. The molecule has 5 atom stereocenters. The first-order chi connectivity index (χ1) is 13.3. The van der Waals surface area contributed by atoms with Crippen molar-refractivity contribution in [3.05, 3.63) is 46.3 Å². The summed E-state index contributed by atoms with van der Waals surface area (Å²) in [4.78, 5) is 15.2. The van der Waals surface area contributed by atoms with Gasteiger partial charge in [0, 0.05) is 24.7 Å². The third kappa shape index (κ3) is 5.64. The first-order valence-electron chi connectivity index (χ1n) is 8.26. The summed E-state index contributed by atoms with van der Waals surface area (Å²) in [6, 6.07) is 7.54. The third-order valence-electron chi connectivity index (χ3n) is 4.10. The monoisotopic (exact) mass is 414 g/mol. The molecule has 1 N–H and O–H groups in total. The van der Waals surface area contributed by atoms with Gasteiger partial charge in [-0.05, 0) is 17.7 Å². The van der Waals surface area contributed by atoms with Crippen molar-refractivity contribution >= 4 is 16.0 Å².